The molecule has 0 spiro atoms. The van der Waals surface area contributed by atoms with Crippen molar-refractivity contribution in [2.45, 2.75) is 19.6 Å². The molecule has 0 aliphatic carbocycles. The van der Waals surface area contributed by atoms with Crippen molar-refractivity contribution < 1.29 is 65.7 Å². The van der Waals surface area contributed by atoms with Crippen LogP contribution in [-0.4, -0.2) is 25.1 Å². The van der Waals surface area contributed by atoms with Gasteiger partial charge < -0.3 is 31.2 Å². The first-order valence-corrected chi connectivity index (χ1v) is 11.1. The predicted molar refractivity (Wildman–Crippen MR) is 140 cm³/mol. The van der Waals surface area contributed by atoms with Gasteiger partial charge in [-0.25, -0.2) is 4.98 Å². The molecule has 1 aromatic heterocycles. The number of nitrogen functional groups attached to an aromatic ring is 1. The van der Waals surface area contributed by atoms with Gasteiger partial charge in [0.15, 0.2) is 11.5 Å². The number of hydrogen-bond acceptors (Lipinski definition) is 6. The van der Waals surface area contributed by atoms with Crippen LogP contribution in [0.4, 0.5) is 17.2 Å². The van der Waals surface area contributed by atoms with Gasteiger partial charge in [-0.15, -0.1) is 6.54 Å². The van der Waals surface area contributed by atoms with Crippen LogP contribution in [0.5, 0.6) is 11.5 Å². The first-order valence-electron chi connectivity index (χ1n) is 11.1. The first-order chi connectivity index (χ1) is 17.0. The summed E-state index contributed by atoms with van der Waals surface area (Å²) in [6, 6.07) is 21.2. The van der Waals surface area contributed by atoms with Gasteiger partial charge in [-0.05, 0) is 65.6 Å². The molecule has 1 atom stereocenters. The number of carbonyl (C=O) groups excluding carboxylic acids is 1. The number of ether oxygens (including phenoxy) is 2. The molecular weight excluding hydrogens is 481 g/mol. The third-order valence-corrected chi connectivity index (χ3v) is 5.53. The number of benzene rings is 3. The average Bonchev–Trinajstić information content (AvgIpc) is 2.86. The van der Waals surface area contributed by atoms with Crippen LogP contribution < -0.4 is 77.2 Å². The summed E-state index contributed by atoms with van der Waals surface area (Å²) in [5.74, 6) is 1.65. The number of fused-ring (bicyclic) bond motifs is 1. The molecule has 0 aliphatic rings. The molecule has 0 bridgehead atoms. The van der Waals surface area contributed by atoms with Crippen LogP contribution in [-0.2, 0) is 11.3 Å². The van der Waals surface area contributed by atoms with Crippen LogP contribution >= 0.6 is 0 Å². The minimum atomic E-state index is -0.379. The molecule has 1 amide bonds. The van der Waals surface area contributed by atoms with E-state index in [1.54, 1.807) is 20.4 Å². The number of methoxy groups -OCH3 is 2. The Labute approximate surface area is 253 Å². The Morgan fingerprint density at radius 1 is 1.00 bits per heavy atom. The molecule has 0 aliphatic heterocycles. The summed E-state index contributed by atoms with van der Waals surface area (Å²) in [5, 5.41) is 13.2. The summed E-state index contributed by atoms with van der Waals surface area (Å²) in [5.41, 5.74) is 9.52. The summed E-state index contributed by atoms with van der Waals surface area (Å²) in [4.78, 5) is 15.6. The third kappa shape index (κ3) is 6.97. The minimum absolute atomic E-state index is 0. The molecule has 1 unspecified atom stereocenters. The van der Waals surface area contributed by atoms with Crippen molar-refractivity contribution in [3.63, 3.8) is 0 Å². The number of nitrogens with one attached hydrogen (secondary N) is 2. The van der Waals surface area contributed by atoms with Gasteiger partial charge in [0, 0.05) is 29.9 Å². The number of aromatic nitrogens is 1. The average molecular weight is 510 g/mol. The molecule has 4 aromatic rings. The molecular formula is C27H28KN5O3. The summed E-state index contributed by atoms with van der Waals surface area (Å²) >= 11 is 0. The van der Waals surface area contributed by atoms with E-state index in [1.165, 1.54) is 6.92 Å². The van der Waals surface area contributed by atoms with Crippen LogP contribution in [0.3, 0.4) is 0 Å². The zero-order valence-electron chi connectivity index (χ0n) is 20.9. The zero-order chi connectivity index (χ0) is 24.8. The summed E-state index contributed by atoms with van der Waals surface area (Å²) < 4.78 is 10.9. The molecule has 36 heavy (non-hydrogen) atoms. The third-order valence-electron chi connectivity index (χ3n) is 5.53. The number of amides is 1. The van der Waals surface area contributed by atoms with Gasteiger partial charge in [-0.1, -0.05) is 23.8 Å². The van der Waals surface area contributed by atoms with Gasteiger partial charge >= 0.3 is 51.4 Å². The number of nitrogens with zero attached hydrogens (tertiary/aromatic N) is 2. The molecule has 4 N–H and O–H groups in total. The maximum atomic E-state index is 11.4. The Kier molecular flexibility index (Phi) is 10.1. The van der Waals surface area contributed by atoms with E-state index < -0.39 is 0 Å². The van der Waals surface area contributed by atoms with Gasteiger partial charge in [0.1, 0.15) is 5.82 Å². The van der Waals surface area contributed by atoms with E-state index in [2.05, 4.69) is 15.6 Å². The van der Waals surface area contributed by atoms with Crippen LogP contribution in [0.1, 0.15) is 24.2 Å². The second-order valence-electron chi connectivity index (χ2n) is 8.02. The fourth-order valence-corrected chi connectivity index (χ4v) is 3.85. The standard InChI is InChI=1S/C27H28N5O3.K/c1-17(33)31-21-6-4-5-18(13-21)16-30-27(20-7-10-24(34-2)25(15-20)35-3)32-22-8-9-23-19(14-22)11-12-29-26(23)28;/h4-15,27,32H,16H2,1-3H3,(H2,28,29)(H,31,33);/q-1;+1. The number of rotatable bonds is 9. The number of nitrogens with two attached hydrogens (primary N) is 1. The minimum Gasteiger partial charge on any atom is -0.635 e. The van der Waals surface area contributed by atoms with Crippen molar-refractivity contribution in [1.29, 1.82) is 0 Å². The van der Waals surface area contributed by atoms with E-state index in [0.717, 1.165) is 33.3 Å². The molecule has 180 valence electrons. The molecule has 8 nitrogen and oxygen atoms in total. The van der Waals surface area contributed by atoms with Crippen LogP contribution in [0.25, 0.3) is 16.1 Å². The van der Waals surface area contributed by atoms with Crippen LogP contribution in [0.2, 0.25) is 0 Å². The summed E-state index contributed by atoms with van der Waals surface area (Å²) in [6.45, 7) is 1.92. The van der Waals surface area contributed by atoms with Crippen molar-refractivity contribution in [3.05, 3.63) is 89.4 Å². The van der Waals surface area contributed by atoms with Gasteiger partial charge in [-0.2, -0.15) is 0 Å². The SMILES string of the molecule is COc1ccc(C([N-]Cc2cccc(NC(C)=O)c2)Nc2ccc3c(N)nccc3c2)cc1OC.[K+]. The van der Waals surface area contributed by atoms with E-state index in [9.17, 15) is 4.79 Å². The largest absolute Gasteiger partial charge is 1.00 e. The second kappa shape index (κ2) is 13.0. The summed E-state index contributed by atoms with van der Waals surface area (Å²) in [7, 11) is 3.21. The smallest absolute Gasteiger partial charge is 0.635 e. The molecule has 0 fully saturated rings. The van der Waals surface area contributed by atoms with E-state index >= 15 is 0 Å². The molecule has 0 saturated heterocycles. The van der Waals surface area contributed by atoms with Crippen LogP contribution in [0.15, 0.2) is 72.9 Å². The second-order valence-corrected chi connectivity index (χ2v) is 8.02. The van der Waals surface area contributed by atoms with E-state index in [0.29, 0.717) is 23.9 Å². The van der Waals surface area contributed by atoms with Crippen molar-refractivity contribution in [2.75, 3.05) is 30.6 Å². The van der Waals surface area contributed by atoms with Gasteiger partial charge in [0.25, 0.3) is 0 Å². The van der Waals surface area contributed by atoms with E-state index in [-0.39, 0.29) is 63.5 Å². The maximum Gasteiger partial charge on any atom is 1.00 e. The Morgan fingerprint density at radius 3 is 2.56 bits per heavy atom. The molecule has 0 saturated carbocycles. The number of hydrogen-bond donors (Lipinski definition) is 3. The summed E-state index contributed by atoms with van der Waals surface area (Å²) in [6.07, 6.45) is 1.32. The Bertz CT molecular complexity index is 1350. The van der Waals surface area contributed by atoms with Crippen LogP contribution in [0, 0.1) is 0 Å². The quantitative estimate of drug-likeness (QED) is 0.299. The first kappa shape index (κ1) is 27.9. The molecule has 1 heterocycles. The topological polar surface area (TPSA) is 113 Å². The van der Waals surface area contributed by atoms with E-state index in [1.807, 2.05) is 66.7 Å². The van der Waals surface area contributed by atoms with Crippen molar-refractivity contribution in [3.8, 4) is 11.5 Å². The number of carbonyl (C=O) groups is 1. The Balaban J connectivity index is 0.00000361. The van der Waals surface area contributed by atoms with Crippen molar-refractivity contribution >= 4 is 33.9 Å². The molecule has 9 heteroatoms. The fraction of sp³-hybridized carbons (Fsp3) is 0.185. The molecule has 0 radical (unpaired) electrons. The maximum absolute atomic E-state index is 11.4. The van der Waals surface area contributed by atoms with Crippen molar-refractivity contribution in [2.24, 2.45) is 0 Å². The monoisotopic (exact) mass is 509 g/mol. The number of pyridine rings is 1. The van der Waals surface area contributed by atoms with Crippen molar-refractivity contribution in [1.82, 2.24) is 4.98 Å². The molecule has 4 rings (SSSR count). The van der Waals surface area contributed by atoms with Gasteiger partial charge in [0.2, 0.25) is 5.91 Å². The zero-order valence-corrected chi connectivity index (χ0v) is 24.0. The normalized spacial score (nSPS) is 11.3. The fourth-order valence-electron chi connectivity index (χ4n) is 3.85. The Hall–Kier alpha value is -2.66. The number of anilines is 3. The molecule has 3 aromatic carbocycles. The van der Waals surface area contributed by atoms with Gasteiger partial charge in [0.05, 0.1) is 14.2 Å². The Morgan fingerprint density at radius 2 is 1.81 bits per heavy atom. The van der Waals surface area contributed by atoms with E-state index in [4.69, 9.17) is 20.5 Å². The predicted octanol–water partition coefficient (Wildman–Crippen LogP) is 2.48. The van der Waals surface area contributed by atoms with Gasteiger partial charge in [-0.3, -0.25) is 4.79 Å².